The Hall–Kier alpha value is -2.82. The first-order valence-electron chi connectivity index (χ1n) is 8.34. The molecule has 5 nitrogen and oxygen atoms in total. The lowest BCUT2D eigenvalue weighted by Gasteiger charge is -2.10. The van der Waals surface area contributed by atoms with Crippen molar-refractivity contribution >= 4 is 11.8 Å². The van der Waals surface area contributed by atoms with Crippen LogP contribution in [0.25, 0.3) is 0 Å². The monoisotopic (exact) mass is 340 g/mol. The van der Waals surface area contributed by atoms with E-state index in [1.807, 2.05) is 0 Å². The van der Waals surface area contributed by atoms with Crippen molar-refractivity contribution in [2.75, 3.05) is 13.2 Å². The number of primary amides is 1. The highest BCUT2D eigenvalue weighted by Crippen LogP contribution is 2.17. The third-order valence-corrected chi connectivity index (χ3v) is 3.89. The molecule has 0 spiro atoms. The minimum absolute atomic E-state index is 0.156. The van der Waals surface area contributed by atoms with Crippen LogP contribution in [0.5, 0.6) is 5.75 Å². The van der Waals surface area contributed by atoms with Crippen LogP contribution in [0.3, 0.4) is 0 Å². The molecule has 0 radical (unpaired) electrons. The first-order chi connectivity index (χ1) is 12.0. The fraction of sp³-hybridized carbons (Fsp3) is 0.300. The van der Waals surface area contributed by atoms with Gasteiger partial charge in [0, 0.05) is 6.54 Å². The summed E-state index contributed by atoms with van der Waals surface area (Å²) >= 11 is 0. The number of nitrogens with two attached hydrogens (primary N) is 1. The molecule has 5 heteroatoms. The van der Waals surface area contributed by atoms with Gasteiger partial charge in [0.25, 0.3) is 11.8 Å². The fourth-order valence-electron chi connectivity index (χ4n) is 2.41. The Labute approximate surface area is 148 Å². The Morgan fingerprint density at radius 1 is 1.08 bits per heavy atom. The lowest BCUT2D eigenvalue weighted by Crippen LogP contribution is -2.31. The molecule has 2 aromatic rings. The second kappa shape index (κ2) is 8.87. The maximum absolute atomic E-state index is 11.9. The number of hydrogen-bond acceptors (Lipinski definition) is 3. The van der Waals surface area contributed by atoms with Gasteiger partial charge in [-0.1, -0.05) is 50.2 Å². The average molecular weight is 340 g/mol. The highest BCUT2D eigenvalue weighted by Gasteiger charge is 2.10. The molecule has 132 valence electrons. The molecular formula is C20H24N2O3. The molecule has 25 heavy (non-hydrogen) atoms. The zero-order chi connectivity index (χ0) is 18.2. The average Bonchev–Trinajstić information content (AvgIpc) is 2.60. The van der Waals surface area contributed by atoms with Gasteiger partial charge in [-0.15, -0.1) is 0 Å². The number of carbonyl (C=O) groups excluding carboxylic acids is 2. The summed E-state index contributed by atoms with van der Waals surface area (Å²) < 4.78 is 5.39. The van der Waals surface area contributed by atoms with E-state index >= 15 is 0 Å². The summed E-state index contributed by atoms with van der Waals surface area (Å²) in [5.41, 5.74) is 8.01. The molecule has 0 aliphatic heterocycles. The van der Waals surface area contributed by atoms with Crippen molar-refractivity contribution in [1.29, 1.82) is 0 Å². The van der Waals surface area contributed by atoms with Gasteiger partial charge in [-0.25, -0.2) is 0 Å². The zero-order valence-corrected chi connectivity index (χ0v) is 14.6. The highest BCUT2D eigenvalue weighted by atomic mass is 16.5. The van der Waals surface area contributed by atoms with E-state index in [9.17, 15) is 9.59 Å². The Morgan fingerprint density at radius 2 is 1.76 bits per heavy atom. The van der Waals surface area contributed by atoms with Crippen molar-refractivity contribution in [3.63, 3.8) is 0 Å². The summed E-state index contributed by atoms with van der Waals surface area (Å²) in [6.07, 6.45) is 0.752. The lowest BCUT2D eigenvalue weighted by molar-refractivity contribution is -0.123. The molecule has 0 aliphatic carbocycles. The van der Waals surface area contributed by atoms with Crippen LogP contribution >= 0.6 is 0 Å². The van der Waals surface area contributed by atoms with E-state index in [0.29, 0.717) is 18.2 Å². The van der Waals surface area contributed by atoms with E-state index in [1.165, 1.54) is 11.1 Å². The highest BCUT2D eigenvalue weighted by molar-refractivity contribution is 5.95. The van der Waals surface area contributed by atoms with Crippen molar-refractivity contribution in [2.45, 2.75) is 26.2 Å². The smallest absolute Gasteiger partial charge is 0.257 e. The van der Waals surface area contributed by atoms with E-state index in [0.717, 1.165) is 6.42 Å². The number of benzene rings is 2. The topological polar surface area (TPSA) is 81.4 Å². The number of nitrogens with one attached hydrogen (secondary N) is 1. The van der Waals surface area contributed by atoms with Crippen LogP contribution < -0.4 is 15.8 Å². The van der Waals surface area contributed by atoms with Crippen molar-refractivity contribution in [1.82, 2.24) is 5.32 Å². The molecule has 0 unspecified atom stereocenters. The zero-order valence-electron chi connectivity index (χ0n) is 14.6. The Kier molecular flexibility index (Phi) is 6.57. The van der Waals surface area contributed by atoms with E-state index < -0.39 is 5.91 Å². The summed E-state index contributed by atoms with van der Waals surface area (Å²) in [6, 6.07) is 15.0. The Bertz CT molecular complexity index is 724. The van der Waals surface area contributed by atoms with Crippen LogP contribution in [-0.2, 0) is 11.2 Å². The molecule has 3 N–H and O–H groups in total. The summed E-state index contributed by atoms with van der Waals surface area (Å²) in [4.78, 5) is 23.2. The van der Waals surface area contributed by atoms with Gasteiger partial charge in [0.2, 0.25) is 0 Å². The summed E-state index contributed by atoms with van der Waals surface area (Å²) in [6.45, 7) is 4.69. The molecule has 0 aromatic heterocycles. The molecule has 0 saturated carbocycles. The third-order valence-electron chi connectivity index (χ3n) is 3.89. The van der Waals surface area contributed by atoms with Crippen molar-refractivity contribution in [3.05, 3.63) is 65.2 Å². The molecule has 2 amide bonds. The predicted octanol–water partition coefficient (Wildman–Crippen LogP) is 2.65. The molecule has 2 aromatic carbocycles. The summed E-state index contributed by atoms with van der Waals surface area (Å²) in [7, 11) is 0. The molecule has 0 bridgehead atoms. The van der Waals surface area contributed by atoms with Crippen LogP contribution in [-0.4, -0.2) is 25.0 Å². The molecule has 0 heterocycles. The SMILES string of the molecule is CC(C)c1ccc(CCNC(=O)COc2ccccc2C(N)=O)cc1. The number of hydrogen-bond donors (Lipinski definition) is 2. The van der Waals surface area contributed by atoms with Gasteiger partial charge < -0.3 is 15.8 Å². The number of ether oxygens (including phenoxy) is 1. The van der Waals surface area contributed by atoms with Crippen LogP contribution in [0.1, 0.15) is 41.3 Å². The quantitative estimate of drug-likeness (QED) is 0.775. The van der Waals surface area contributed by atoms with Crippen LogP contribution in [0, 0.1) is 0 Å². The van der Waals surface area contributed by atoms with Crippen LogP contribution in [0.2, 0.25) is 0 Å². The molecule has 0 fully saturated rings. The van der Waals surface area contributed by atoms with E-state index in [-0.39, 0.29) is 18.1 Å². The molecule has 0 saturated heterocycles. The van der Waals surface area contributed by atoms with Gasteiger partial charge in [0.05, 0.1) is 5.56 Å². The summed E-state index contributed by atoms with van der Waals surface area (Å²) in [5, 5.41) is 2.81. The number of para-hydroxylation sites is 1. The predicted molar refractivity (Wildman–Crippen MR) is 97.7 cm³/mol. The minimum Gasteiger partial charge on any atom is -0.483 e. The standard InChI is InChI=1S/C20H24N2O3/c1-14(2)16-9-7-15(8-10-16)11-12-22-19(23)13-25-18-6-4-3-5-17(18)20(21)24/h3-10,14H,11-13H2,1-2H3,(H2,21,24)(H,22,23). The Balaban J connectivity index is 1.77. The van der Waals surface area contributed by atoms with Gasteiger partial charge in [-0.2, -0.15) is 0 Å². The third kappa shape index (κ3) is 5.64. The maximum Gasteiger partial charge on any atom is 0.257 e. The summed E-state index contributed by atoms with van der Waals surface area (Å²) in [5.74, 6) is 0.00234. The Morgan fingerprint density at radius 3 is 2.40 bits per heavy atom. The second-order valence-electron chi connectivity index (χ2n) is 6.15. The van der Waals surface area contributed by atoms with Gasteiger partial charge in [0.15, 0.2) is 6.61 Å². The molecule has 0 aliphatic rings. The molecular weight excluding hydrogens is 316 g/mol. The normalized spacial score (nSPS) is 10.5. The van der Waals surface area contributed by atoms with Crippen LogP contribution in [0.4, 0.5) is 0 Å². The maximum atomic E-state index is 11.9. The van der Waals surface area contributed by atoms with Crippen molar-refractivity contribution in [3.8, 4) is 5.75 Å². The number of carbonyl (C=O) groups is 2. The first kappa shape index (κ1) is 18.5. The van der Waals surface area contributed by atoms with Gasteiger partial charge in [-0.05, 0) is 35.6 Å². The second-order valence-corrected chi connectivity index (χ2v) is 6.15. The van der Waals surface area contributed by atoms with E-state index in [2.05, 4.69) is 43.4 Å². The van der Waals surface area contributed by atoms with Gasteiger partial charge in [0.1, 0.15) is 5.75 Å². The molecule has 0 atom stereocenters. The largest absolute Gasteiger partial charge is 0.483 e. The first-order valence-corrected chi connectivity index (χ1v) is 8.34. The number of amides is 2. The number of rotatable bonds is 8. The fourth-order valence-corrected chi connectivity index (χ4v) is 2.41. The van der Waals surface area contributed by atoms with Crippen molar-refractivity contribution in [2.24, 2.45) is 5.73 Å². The molecule has 2 rings (SSSR count). The van der Waals surface area contributed by atoms with Crippen molar-refractivity contribution < 1.29 is 14.3 Å². The van der Waals surface area contributed by atoms with Gasteiger partial charge in [-0.3, -0.25) is 9.59 Å². The van der Waals surface area contributed by atoms with E-state index in [4.69, 9.17) is 10.5 Å². The van der Waals surface area contributed by atoms with Crippen LogP contribution in [0.15, 0.2) is 48.5 Å². The van der Waals surface area contributed by atoms with Gasteiger partial charge >= 0.3 is 0 Å². The van der Waals surface area contributed by atoms with E-state index in [1.54, 1.807) is 24.3 Å². The lowest BCUT2D eigenvalue weighted by atomic mass is 10.0. The minimum atomic E-state index is -0.583.